The van der Waals surface area contributed by atoms with Crippen molar-refractivity contribution in [1.82, 2.24) is 0 Å². The van der Waals surface area contributed by atoms with E-state index >= 15 is 0 Å². The number of aliphatic hydroxyl groups is 1. The van der Waals surface area contributed by atoms with E-state index in [0.29, 0.717) is 17.0 Å². The average Bonchev–Trinajstić information content (AvgIpc) is 3.06. The number of rotatable bonds is 4. The van der Waals surface area contributed by atoms with Crippen LogP contribution in [0.2, 0.25) is 0 Å². The van der Waals surface area contributed by atoms with E-state index in [1.165, 1.54) is 12.0 Å². The molecule has 1 N–H and O–H groups in total. The third-order valence-electron chi connectivity index (χ3n) is 6.01. The van der Waals surface area contributed by atoms with Crippen molar-refractivity contribution in [2.75, 3.05) is 12.0 Å². The maximum absolute atomic E-state index is 13.3. The van der Waals surface area contributed by atoms with Gasteiger partial charge in [-0.05, 0) is 55.7 Å². The number of ether oxygens (including phenoxy) is 1. The van der Waals surface area contributed by atoms with Crippen molar-refractivity contribution in [2.24, 2.45) is 0 Å². The van der Waals surface area contributed by atoms with Crippen LogP contribution in [0.5, 0.6) is 5.75 Å². The highest BCUT2D eigenvalue weighted by molar-refractivity contribution is 6.51. The summed E-state index contributed by atoms with van der Waals surface area (Å²) in [6.07, 6.45) is 0. The normalized spacial score (nSPS) is 17.6. The van der Waals surface area contributed by atoms with E-state index in [-0.39, 0.29) is 11.3 Å². The van der Waals surface area contributed by atoms with Crippen molar-refractivity contribution < 1.29 is 19.4 Å². The number of carbonyl (C=O) groups excluding carboxylic acids is 2. The van der Waals surface area contributed by atoms with E-state index in [2.05, 4.69) is 0 Å². The third-order valence-corrected chi connectivity index (χ3v) is 6.01. The van der Waals surface area contributed by atoms with Crippen LogP contribution in [0.1, 0.15) is 33.9 Å². The Hall–Kier alpha value is -3.86. The van der Waals surface area contributed by atoms with Gasteiger partial charge in [-0.1, -0.05) is 54.1 Å². The molecule has 3 aromatic rings. The molecule has 1 aliphatic rings. The SMILES string of the molecule is COc1ccc(C)cc1/C(O)=C1\C(=O)C(=O)N(c2cccc(C)c2C)C1c1ccccc1. The highest BCUT2D eigenvalue weighted by Crippen LogP contribution is 2.44. The summed E-state index contributed by atoms with van der Waals surface area (Å²) in [5.74, 6) is -1.20. The monoisotopic (exact) mass is 427 g/mol. The number of amides is 1. The fraction of sp³-hybridized carbons (Fsp3) is 0.185. The van der Waals surface area contributed by atoms with Crippen molar-refractivity contribution in [3.8, 4) is 5.75 Å². The van der Waals surface area contributed by atoms with E-state index in [9.17, 15) is 14.7 Å². The lowest BCUT2D eigenvalue weighted by Crippen LogP contribution is -2.30. The molecule has 1 saturated heterocycles. The summed E-state index contributed by atoms with van der Waals surface area (Å²) in [4.78, 5) is 28.1. The van der Waals surface area contributed by atoms with E-state index in [0.717, 1.165) is 22.3 Å². The van der Waals surface area contributed by atoms with Gasteiger partial charge in [-0.2, -0.15) is 0 Å². The molecule has 1 fully saturated rings. The minimum Gasteiger partial charge on any atom is -0.507 e. The summed E-state index contributed by atoms with van der Waals surface area (Å²) in [7, 11) is 1.50. The molecular formula is C27H25NO4. The van der Waals surface area contributed by atoms with E-state index < -0.39 is 17.7 Å². The molecule has 1 heterocycles. The van der Waals surface area contributed by atoms with Crippen molar-refractivity contribution >= 4 is 23.1 Å². The number of aryl methyl sites for hydroxylation is 2. The van der Waals surface area contributed by atoms with Crippen molar-refractivity contribution in [3.05, 3.63) is 100 Å². The van der Waals surface area contributed by atoms with Crippen molar-refractivity contribution in [1.29, 1.82) is 0 Å². The zero-order valence-corrected chi connectivity index (χ0v) is 18.5. The number of carbonyl (C=O) groups is 2. The first-order valence-corrected chi connectivity index (χ1v) is 10.4. The van der Waals surface area contributed by atoms with Gasteiger partial charge in [0.15, 0.2) is 0 Å². The van der Waals surface area contributed by atoms with Gasteiger partial charge in [0.25, 0.3) is 11.7 Å². The van der Waals surface area contributed by atoms with Gasteiger partial charge >= 0.3 is 0 Å². The van der Waals surface area contributed by atoms with Gasteiger partial charge in [0.1, 0.15) is 11.5 Å². The predicted octanol–water partition coefficient (Wildman–Crippen LogP) is 5.25. The summed E-state index contributed by atoms with van der Waals surface area (Å²) >= 11 is 0. The first kappa shape index (κ1) is 21.4. The minimum absolute atomic E-state index is 0.0472. The van der Waals surface area contributed by atoms with Crippen LogP contribution < -0.4 is 9.64 Å². The number of aliphatic hydroxyl groups excluding tert-OH is 1. The smallest absolute Gasteiger partial charge is 0.300 e. The molecule has 1 unspecified atom stereocenters. The number of hydrogen-bond donors (Lipinski definition) is 1. The second-order valence-corrected chi connectivity index (χ2v) is 8.00. The Labute approximate surface area is 187 Å². The molecule has 1 aliphatic heterocycles. The molecule has 32 heavy (non-hydrogen) atoms. The number of Topliss-reactive ketones (excluding diaryl/α,β-unsaturated/α-hetero) is 1. The number of nitrogens with zero attached hydrogens (tertiary/aromatic N) is 1. The first-order chi connectivity index (χ1) is 15.3. The molecule has 0 bridgehead atoms. The number of hydrogen-bond acceptors (Lipinski definition) is 4. The fourth-order valence-corrected chi connectivity index (χ4v) is 4.18. The third kappa shape index (κ3) is 3.46. The van der Waals surface area contributed by atoms with Gasteiger partial charge in [0.05, 0.1) is 24.3 Å². The Morgan fingerprint density at radius 2 is 1.66 bits per heavy atom. The number of benzene rings is 3. The molecule has 1 atom stereocenters. The summed E-state index contributed by atoms with van der Waals surface area (Å²) < 4.78 is 5.43. The molecule has 162 valence electrons. The lowest BCUT2D eigenvalue weighted by molar-refractivity contribution is -0.132. The Bertz CT molecular complexity index is 1240. The molecule has 5 heteroatoms. The van der Waals surface area contributed by atoms with Gasteiger partial charge in [0, 0.05) is 5.69 Å². The number of anilines is 1. The van der Waals surface area contributed by atoms with E-state index in [1.54, 1.807) is 12.1 Å². The lowest BCUT2D eigenvalue weighted by Gasteiger charge is -2.27. The van der Waals surface area contributed by atoms with Crippen LogP contribution in [0.4, 0.5) is 5.69 Å². The fourth-order valence-electron chi connectivity index (χ4n) is 4.18. The first-order valence-electron chi connectivity index (χ1n) is 10.4. The second-order valence-electron chi connectivity index (χ2n) is 8.00. The maximum Gasteiger partial charge on any atom is 0.300 e. The van der Waals surface area contributed by atoms with Crippen LogP contribution in [-0.2, 0) is 9.59 Å². The Morgan fingerprint density at radius 3 is 2.34 bits per heavy atom. The van der Waals surface area contributed by atoms with Crippen LogP contribution in [0, 0.1) is 20.8 Å². The Morgan fingerprint density at radius 1 is 0.938 bits per heavy atom. The van der Waals surface area contributed by atoms with E-state index in [1.807, 2.05) is 75.4 Å². The molecule has 3 aromatic carbocycles. The molecule has 0 spiro atoms. The summed E-state index contributed by atoms with van der Waals surface area (Å²) in [6.45, 7) is 5.78. The summed E-state index contributed by atoms with van der Waals surface area (Å²) in [5, 5.41) is 11.4. The molecule has 1 amide bonds. The van der Waals surface area contributed by atoms with Crippen LogP contribution >= 0.6 is 0 Å². The average molecular weight is 428 g/mol. The Balaban J connectivity index is 2.01. The molecular weight excluding hydrogens is 402 g/mol. The van der Waals surface area contributed by atoms with Crippen LogP contribution in [0.3, 0.4) is 0 Å². The van der Waals surface area contributed by atoms with E-state index in [4.69, 9.17) is 4.74 Å². The van der Waals surface area contributed by atoms with Gasteiger partial charge in [-0.15, -0.1) is 0 Å². The van der Waals surface area contributed by atoms with Crippen LogP contribution in [-0.4, -0.2) is 23.9 Å². The minimum atomic E-state index is -0.762. The van der Waals surface area contributed by atoms with Crippen molar-refractivity contribution in [3.63, 3.8) is 0 Å². The van der Waals surface area contributed by atoms with Gasteiger partial charge in [0.2, 0.25) is 0 Å². The topological polar surface area (TPSA) is 66.8 Å². The molecule has 0 radical (unpaired) electrons. The quantitative estimate of drug-likeness (QED) is 0.351. The number of methoxy groups -OCH3 is 1. The zero-order valence-electron chi connectivity index (χ0n) is 18.5. The Kier molecular flexibility index (Phi) is 5.57. The highest BCUT2D eigenvalue weighted by atomic mass is 16.5. The molecule has 0 saturated carbocycles. The number of ketones is 1. The van der Waals surface area contributed by atoms with Gasteiger partial charge < -0.3 is 9.84 Å². The molecule has 0 aromatic heterocycles. The highest BCUT2D eigenvalue weighted by Gasteiger charge is 2.47. The summed E-state index contributed by atoms with van der Waals surface area (Å²) in [6, 6.07) is 19.5. The summed E-state index contributed by atoms with van der Waals surface area (Å²) in [5.41, 5.74) is 4.63. The maximum atomic E-state index is 13.3. The predicted molar refractivity (Wildman–Crippen MR) is 125 cm³/mol. The van der Waals surface area contributed by atoms with Gasteiger partial charge in [-0.25, -0.2) is 0 Å². The zero-order chi connectivity index (χ0) is 23.0. The largest absolute Gasteiger partial charge is 0.507 e. The molecule has 4 rings (SSSR count). The molecule has 5 nitrogen and oxygen atoms in total. The van der Waals surface area contributed by atoms with Crippen molar-refractivity contribution in [2.45, 2.75) is 26.8 Å². The second kappa shape index (κ2) is 8.35. The standard InChI is InChI=1S/C27H25NO4/c1-16-13-14-22(32-4)20(15-16)25(29)23-24(19-10-6-5-7-11-19)28(27(31)26(23)30)21-12-8-9-17(2)18(21)3/h5-15,24,29H,1-4H3/b25-23+. The van der Waals surface area contributed by atoms with Gasteiger partial charge in [-0.3, -0.25) is 14.5 Å². The van der Waals surface area contributed by atoms with Crippen LogP contribution in [0.25, 0.3) is 5.76 Å². The van der Waals surface area contributed by atoms with Crippen LogP contribution in [0.15, 0.2) is 72.3 Å². The lowest BCUT2D eigenvalue weighted by atomic mass is 9.94. The molecule has 0 aliphatic carbocycles.